The minimum atomic E-state index is -0.275. The summed E-state index contributed by atoms with van der Waals surface area (Å²) in [5, 5.41) is 0. The fourth-order valence-electron chi connectivity index (χ4n) is 3.84. The van der Waals surface area contributed by atoms with E-state index < -0.39 is 0 Å². The first-order valence-corrected chi connectivity index (χ1v) is 10.1. The van der Waals surface area contributed by atoms with Crippen LogP contribution in [-0.2, 0) is 0 Å². The van der Waals surface area contributed by atoms with E-state index in [1.165, 1.54) is 43.7 Å². The molecule has 1 saturated carbocycles. The Balaban J connectivity index is 1.66. The Morgan fingerprint density at radius 1 is 1.08 bits per heavy atom. The Bertz CT molecular complexity index is 690. The molecule has 2 aromatic rings. The van der Waals surface area contributed by atoms with E-state index in [1.54, 1.807) is 6.07 Å². The maximum Gasteiger partial charge on any atom is 0.136 e. The van der Waals surface area contributed by atoms with Crippen LogP contribution in [0.1, 0.15) is 70.3 Å². The van der Waals surface area contributed by atoms with E-state index in [2.05, 4.69) is 24.9 Å². The van der Waals surface area contributed by atoms with Crippen LogP contribution in [0.3, 0.4) is 0 Å². The highest BCUT2D eigenvalue weighted by Crippen LogP contribution is 2.37. The van der Waals surface area contributed by atoms with Crippen molar-refractivity contribution >= 4 is 0 Å². The number of aromatic nitrogens is 1. The van der Waals surface area contributed by atoms with Crippen LogP contribution in [0, 0.1) is 11.7 Å². The molecule has 2 nitrogen and oxygen atoms in total. The highest BCUT2D eigenvalue weighted by Gasteiger charge is 2.21. The van der Waals surface area contributed by atoms with E-state index in [1.807, 2.05) is 18.3 Å². The summed E-state index contributed by atoms with van der Waals surface area (Å²) in [4.78, 5) is 4.55. The van der Waals surface area contributed by atoms with Crippen molar-refractivity contribution in [2.24, 2.45) is 5.92 Å². The van der Waals surface area contributed by atoms with Crippen molar-refractivity contribution in [3.05, 3.63) is 47.9 Å². The molecular formula is C23H30FNO. The Labute approximate surface area is 156 Å². The fraction of sp³-hybridized carbons (Fsp3) is 0.522. The van der Waals surface area contributed by atoms with Gasteiger partial charge >= 0.3 is 0 Å². The lowest BCUT2D eigenvalue weighted by molar-refractivity contribution is 0.308. The first-order valence-electron chi connectivity index (χ1n) is 10.1. The highest BCUT2D eigenvalue weighted by atomic mass is 19.1. The van der Waals surface area contributed by atoms with Gasteiger partial charge in [-0.1, -0.05) is 32.8 Å². The zero-order valence-corrected chi connectivity index (χ0v) is 16.0. The number of nitrogens with zero attached hydrogens (tertiary/aromatic N) is 1. The third-order valence-corrected chi connectivity index (χ3v) is 5.66. The van der Waals surface area contributed by atoms with Crippen LogP contribution in [0.4, 0.5) is 4.39 Å². The van der Waals surface area contributed by atoms with Gasteiger partial charge in [-0.3, -0.25) is 4.98 Å². The van der Waals surface area contributed by atoms with Gasteiger partial charge in [0.2, 0.25) is 0 Å². The number of rotatable bonds is 7. The van der Waals surface area contributed by atoms with Gasteiger partial charge in [0.1, 0.15) is 11.6 Å². The van der Waals surface area contributed by atoms with Gasteiger partial charge in [-0.05, 0) is 67.7 Å². The van der Waals surface area contributed by atoms with E-state index >= 15 is 0 Å². The minimum absolute atomic E-state index is 0.275. The first-order chi connectivity index (χ1) is 12.7. The van der Waals surface area contributed by atoms with Gasteiger partial charge in [0.15, 0.2) is 0 Å². The van der Waals surface area contributed by atoms with E-state index in [-0.39, 0.29) is 5.82 Å². The van der Waals surface area contributed by atoms with Crippen molar-refractivity contribution in [2.75, 3.05) is 6.61 Å². The van der Waals surface area contributed by atoms with Crippen molar-refractivity contribution in [1.82, 2.24) is 4.98 Å². The maximum atomic E-state index is 14.5. The van der Waals surface area contributed by atoms with Crippen molar-refractivity contribution in [3.8, 4) is 17.0 Å². The van der Waals surface area contributed by atoms with Crippen LogP contribution < -0.4 is 4.74 Å². The molecule has 1 aromatic carbocycles. The average molecular weight is 355 g/mol. The number of hydrogen-bond acceptors (Lipinski definition) is 2. The molecule has 0 aliphatic heterocycles. The fourth-order valence-corrected chi connectivity index (χ4v) is 3.84. The van der Waals surface area contributed by atoms with Crippen LogP contribution in [0.2, 0.25) is 0 Å². The lowest BCUT2D eigenvalue weighted by atomic mass is 9.78. The van der Waals surface area contributed by atoms with Gasteiger partial charge in [0.05, 0.1) is 12.3 Å². The van der Waals surface area contributed by atoms with E-state index in [9.17, 15) is 4.39 Å². The number of unbranched alkanes of at least 4 members (excludes halogenated alkanes) is 1. The molecule has 1 aliphatic rings. The van der Waals surface area contributed by atoms with Crippen LogP contribution >= 0.6 is 0 Å². The molecule has 1 fully saturated rings. The molecular weight excluding hydrogens is 325 g/mol. The number of benzene rings is 1. The topological polar surface area (TPSA) is 22.1 Å². The molecule has 0 saturated heterocycles. The van der Waals surface area contributed by atoms with Crippen molar-refractivity contribution in [1.29, 1.82) is 0 Å². The summed E-state index contributed by atoms with van der Waals surface area (Å²) in [5.74, 6) is 1.82. The van der Waals surface area contributed by atoms with Crippen LogP contribution in [0.5, 0.6) is 5.75 Å². The van der Waals surface area contributed by atoms with E-state index in [0.717, 1.165) is 18.8 Å². The summed E-state index contributed by atoms with van der Waals surface area (Å²) < 4.78 is 20.0. The van der Waals surface area contributed by atoms with Crippen molar-refractivity contribution in [2.45, 2.75) is 64.7 Å². The maximum absolute atomic E-state index is 14.5. The van der Waals surface area contributed by atoms with E-state index in [0.29, 0.717) is 29.5 Å². The van der Waals surface area contributed by atoms with Gasteiger partial charge in [-0.2, -0.15) is 0 Å². The molecule has 0 N–H and O–H groups in total. The normalized spacial score (nSPS) is 20.1. The molecule has 1 heterocycles. The first kappa shape index (κ1) is 18.9. The monoisotopic (exact) mass is 355 g/mol. The Morgan fingerprint density at radius 3 is 2.50 bits per heavy atom. The van der Waals surface area contributed by atoms with Gasteiger partial charge in [-0.15, -0.1) is 0 Å². The molecule has 0 radical (unpaired) electrons. The summed E-state index contributed by atoms with van der Waals surface area (Å²) in [5.41, 5.74) is 2.52. The molecule has 1 aromatic heterocycles. The molecule has 26 heavy (non-hydrogen) atoms. The number of pyridine rings is 1. The van der Waals surface area contributed by atoms with Crippen molar-refractivity contribution in [3.63, 3.8) is 0 Å². The van der Waals surface area contributed by atoms with Crippen molar-refractivity contribution < 1.29 is 9.13 Å². The molecule has 1 aliphatic carbocycles. The molecule has 0 unspecified atom stereocenters. The van der Waals surface area contributed by atoms with E-state index in [4.69, 9.17) is 4.74 Å². The second-order valence-electron chi connectivity index (χ2n) is 7.45. The van der Waals surface area contributed by atoms with Crippen LogP contribution in [0.25, 0.3) is 11.3 Å². The quantitative estimate of drug-likeness (QED) is 0.512. The summed E-state index contributed by atoms with van der Waals surface area (Å²) in [6.45, 7) is 5.02. The largest absolute Gasteiger partial charge is 0.493 e. The average Bonchev–Trinajstić information content (AvgIpc) is 2.69. The molecule has 0 spiro atoms. The second kappa shape index (κ2) is 9.16. The van der Waals surface area contributed by atoms with Gasteiger partial charge in [-0.25, -0.2) is 4.39 Å². The third kappa shape index (κ3) is 4.63. The second-order valence-corrected chi connectivity index (χ2v) is 7.45. The predicted molar refractivity (Wildman–Crippen MR) is 105 cm³/mol. The Kier molecular flexibility index (Phi) is 6.65. The standard InChI is InChI=1S/C23H30FNO/c1-3-5-14-26-20-11-12-21(22(24)15-20)23-13-10-19(16-25-23)18-8-6-17(4-2)7-9-18/h10-13,15-18H,3-9,14H2,1-2H3. The lowest BCUT2D eigenvalue weighted by Gasteiger charge is -2.27. The van der Waals surface area contributed by atoms with Gasteiger partial charge < -0.3 is 4.74 Å². The van der Waals surface area contributed by atoms with Gasteiger partial charge in [0, 0.05) is 17.8 Å². The number of hydrogen-bond donors (Lipinski definition) is 0. The number of ether oxygens (including phenoxy) is 1. The molecule has 3 rings (SSSR count). The van der Waals surface area contributed by atoms with Gasteiger partial charge in [0.25, 0.3) is 0 Å². The van der Waals surface area contributed by atoms with Crippen LogP contribution in [0.15, 0.2) is 36.5 Å². The molecule has 140 valence electrons. The summed E-state index contributed by atoms with van der Waals surface area (Å²) in [7, 11) is 0. The molecule has 0 amide bonds. The summed E-state index contributed by atoms with van der Waals surface area (Å²) in [6.07, 6.45) is 10.4. The highest BCUT2D eigenvalue weighted by molar-refractivity contribution is 5.61. The predicted octanol–water partition coefficient (Wildman–Crippen LogP) is 6.75. The Hall–Kier alpha value is -1.90. The molecule has 0 atom stereocenters. The Morgan fingerprint density at radius 2 is 1.88 bits per heavy atom. The SMILES string of the molecule is CCCCOc1ccc(-c2ccc(C3CCC(CC)CC3)cn2)c(F)c1. The third-order valence-electron chi connectivity index (χ3n) is 5.66. The number of halogens is 1. The zero-order chi connectivity index (χ0) is 18.4. The summed E-state index contributed by atoms with van der Waals surface area (Å²) >= 11 is 0. The smallest absolute Gasteiger partial charge is 0.136 e. The minimum Gasteiger partial charge on any atom is -0.493 e. The molecule has 3 heteroatoms. The summed E-state index contributed by atoms with van der Waals surface area (Å²) in [6, 6.07) is 9.15. The lowest BCUT2D eigenvalue weighted by Crippen LogP contribution is -2.12. The van der Waals surface area contributed by atoms with Crippen LogP contribution in [-0.4, -0.2) is 11.6 Å². The molecule has 0 bridgehead atoms. The zero-order valence-electron chi connectivity index (χ0n) is 16.0.